The molecule has 0 heterocycles. The van der Waals surface area contributed by atoms with Gasteiger partial charge in [0.05, 0.1) is 9.89 Å². The molecule has 0 radical (unpaired) electrons. The van der Waals surface area contributed by atoms with Gasteiger partial charge in [-0.3, -0.25) is 4.79 Å². The van der Waals surface area contributed by atoms with E-state index in [0.717, 1.165) is 6.07 Å². The molecule has 0 saturated heterocycles. The Hall–Kier alpha value is -1.30. The second-order valence-electron chi connectivity index (χ2n) is 3.80. The molecule has 1 aromatic carbocycles. The van der Waals surface area contributed by atoms with Crippen LogP contribution in [0.25, 0.3) is 0 Å². The highest BCUT2D eigenvalue weighted by Gasteiger charge is 2.55. The highest BCUT2D eigenvalue weighted by Crippen LogP contribution is 2.56. The third-order valence-electron chi connectivity index (χ3n) is 2.81. The van der Waals surface area contributed by atoms with Gasteiger partial charge in [0.1, 0.15) is 5.82 Å². The van der Waals surface area contributed by atoms with Gasteiger partial charge >= 0.3 is 5.97 Å². The van der Waals surface area contributed by atoms with Gasteiger partial charge in [0.15, 0.2) is 11.5 Å². The van der Waals surface area contributed by atoms with E-state index in [0.29, 0.717) is 12.8 Å². The topological polar surface area (TPSA) is 77.8 Å². The summed E-state index contributed by atoms with van der Waals surface area (Å²) in [5.41, 5.74) is -1.36. The van der Waals surface area contributed by atoms with Crippen molar-refractivity contribution in [2.75, 3.05) is 0 Å². The maximum absolute atomic E-state index is 13.3. The number of carbonyl (C=O) groups is 1. The maximum Gasteiger partial charge on any atom is 0.314 e. The molecule has 0 aromatic heterocycles. The molecular formula is C10H8BrFO4. The van der Waals surface area contributed by atoms with Crippen molar-refractivity contribution in [3.63, 3.8) is 0 Å². The Labute approximate surface area is 98.5 Å². The average molecular weight is 291 g/mol. The molecule has 0 amide bonds. The molecule has 1 aliphatic carbocycles. The summed E-state index contributed by atoms with van der Waals surface area (Å²) < 4.78 is 13.2. The molecule has 86 valence electrons. The van der Waals surface area contributed by atoms with Gasteiger partial charge in [0, 0.05) is 11.6 Å². The van der Waals surface area contributed by atoms with E-state index >= 15 is 0 Å². The van der Waals surface area contributed by atoms with Gasteiger partial charge in [-0.2, -0.15) is 0 Å². The lowest BCUT2D eigenvalue weighted by molar-refractivity contribution is -0.140. The number of rotatable bonds is 2. The normalized spacial score (nSPS) is 17.1. The van der Waals surface area contributed by atoms with Crippen LogP contribution in [0, 0.1) is 5.82 Å². The smallest absolute Gasteiger partial charge is 0.314 e. The SMILES string of the molecule is O=C(O)C1(c2c(O)c(O)cc(F)c2Br)CC1. The zero-order valence-electron chi connectivity index (χ0n) is 8.00. The highest BCUT2D eigenvalue weighted by atomic mass is 79.9. The zero-order chi connectivity index (χ0) is 12.1. The van der Waals surface area contributed by atoms with Crippen LogP contribution >= 0.6 is 15.9 Å². The number of hydrogen-bond acceptors (Lipinski definition) is 3. The van der Waals surface area contributed by atoms with Crippen LogP contribution in [0.5, 0.6) is 11.5 Å². The number of benzene rings is 1. The fourth-order valence-corrected chi connectivity index (χ4v) is 2.42. The first kappa shape index (κ1) is 11.2. The van der Waals surface area contributed by atoms with E-state index in [1.54, 1.807) is 0 Å². The van der Waals surface area contributed by atoms with Gasteiger partial charge < -0.3 is 15.3 Å². The van der Waals surface area contributed by atoms with E-state index in [4.69, 9.17) is 5.11 Å². The van der Waals surface area contributed by atoms with Crippen LogP contribution in [0.1, 0.15) is 18.4 Å². The first-order valence-corrected chi connectivity index (χ1v) is 5.33. The lowest BCUT2D eigenvalue weighted by Gasteiger charge is -2.15. The van der Waals surface area contributed by atoms with E-state index in [1.807, 2.05) is 0 Å². The standard InChI is InChI=1S/C10H8BrFO4/c11-7-4(12)3-5(13)8(14)6(7)10(1-2-10)9(15)16/h3,13-14H,1-2H2,(H,15,16). The van der Waals surface area contributed by atoms with Crippen molar-refractivity contribution in [3.8, 4) is 11.5 Å². The molecule has 1 fully saturated rings. The molecule has 0 spiro atoms. The summed E-state index contributed by atoms with van der Waals surface area (Å²) in [6.07, 6.45) is 0.634. The van der Waals surface area contributed by atoms with Crippen molar-refractivity contribution in [1.82, 2.24) is 0 Å². The summed E-state index contributed by atoms with van der Waals surface area (Å²) in [4.78, 5) is 11.1. The molecule has 0 aliphatic heterocycles. The first-order chi connectivity index (χ1) is 7.40. The lowest BCUT2D eigenvalue weighted by Crippen LogP contribution is -2.20. The average Bonchev–Trinajstić information content (AvgIpc) is 2.97. The number of carboxylic acid groups (broad SMARTS) is 1. The number of halogens is 2. The van der Waals surface area contributed by atoms with Gasteiger partial charge in [-0.15, -0.1) is 0 Å². The van der Waals surface area contributed by atoms with Crippen LogP contribution < -0.4 is 0 Å². The second-order valence-corrected chi connectivity index (χ2v) is 4.60. The predicted octanol–water partition coefficient (Wildman–Crippen LogP) is 2.12. The summed E-state index contributed by atoms with van der Waals surface area (Å²) in [5, 5.41) is 27.9. The molecular weight excluding hydrogens is 283 g/mol. The fraction of sp³-hybridized carbons (Fsp3) is 0.300. The molecule has 0 atom stereocenters. The van der Waals surface area contributed by atoms with Gasteiger partial charge in [0.25, 0.3) is 0 Å². The van der Waals surface area contributed by atoms with Crippen LogP contribution in [0.3, 0.4) is 0 Å². The Morgan fingerprint density at radius 1 is 1.44 bits per heavy atom. The fourth-order valence-electron chi connectivity index (χ4n) is 1.74. The van der Waals surface area contributed by atoms with Crippen molar-refractivity contribution in [2.24, 2.45) is 0 Å². The largest absolute Gasteiger partial charge is 0.504 e. The second kappa shape index (κ2) is 3.35. The molecule has 16 heavy (non-hydrogen) atoms. The third-order valence-corrected chi connectivity index (χ3v) is 3.59. The first-order valence-electron chi connectivity index (χ1n) is 4.54. The minimum Gasteiger partial charge on any atom is -0.504 e. The molecule has 0 bridgehead atoms. The summed E-state index contributed by atoms with van der Waals surface area (Å²) in [6.45, 7) is 0. The molecule has 4 nitrogen and oxygen atoms in total. The summed E-state index contributed by atoms with van der Waals surface area (Å²) in [5.74, 6) is -3.15. The number of phenols is 2. The molecule has 1 saturated carbocycles. The van der Waals surface area contributed by atoms with E-state index < -0.39 is 28.7 Å². The summed E-state index contributed by atoms with van der Waals surface area (Å²) in [6, 6.07) is 0.737. The molecule has 2 rings (SSSR count). The number of aliphatic carboxylic acids is 1. The predicted molar refractivity (Wildman–Crippen MR) is 56.0 cm³/mol. The van der Waals surface area contributed by atoms with Crippen molar-refractivity contribution < 1.29 is 24.5 Å². The summed E-state index contributed by atoms with van der Waals surface area (Å²) in [7, 11) is 0. The Balaban J connectivity index is 2.70. The van der Waals surface area contributed by atoms with Crippen molar-refractivity contribution in [2.45, 2.75) is 18.3 Å². The van der Waals surface area contributed by atoms with Gasteiger partial charge in [0.2, 0.25) is 0 Å². The monoisotopic (exact) mass is 290 g/mol. The van der Waals surface area contributed by atoms with Crippen molar-refractivity contribution in [3.05, 3.63) is 21.9 Å². The lowest BCUT2D eigenvalue weighted by atomic mass is 9.94. The Bertz CT molecular complexity index is 456. The van der Waals surface area contributed by atoms with E-state index in [1.165, 1.54) is 0 Å². The zero-order valence-corrected chi connectivity index (χ0v) is 9.58. The Morgan fingerprint density at radius 2 is 2.00 bits per heavy atom. The third kappa shape index (κ3) is 1.36. The number of aromatic hydroxyl groups is 2. The van der Waals surface area contributed by atoms with E-state index in [2.05, 4.69) is 15.9 Å². The minimum atomic E-state index is -1.28. The van der Waals surface area contributed by atoms with Crippen LogP contribution in [-0.4, -0.2) is 21.3 Å². The van der Waals surface area contributed by atoms with Gasteiger partial charge in [-0.1, -0.05) is 0 Å². The molecule has 0 unspecified atom stereocenters. The Morgan fingerprint density at radius 3 is 2.44 bits per heavy atom. The van der Waals surface area contributed by atoms with Crippen LogP contribution in [0.2, 0.25) is 0 Å². The van der Waals surface area contributed by atoms with Crippen LogP contribution in [-0.2, 0) is 10.2 Å². The van der Waals surface area contributed by atoms with Crippen LogP contribution in [0.4, 0.5) is 4.39 Å². The molecule has 1 aromatic rings. The maximum atomic E-state index is 13.3. The number of hydrogen-bond donors (Lipinski definition) is 3. The minimum absolute atomic E-state index is 0.0856. The van der Waals surface area contributed by atoms with Crippen LogP contribution in [0.15, 0.2) is 10.5 Å². The molecule has 3 N–H and O–H groups in total. The van der Waals surface area contributed by atoms with Crippen molar-refractivity contribution >= 4 is 21.9 Å². The van der Waals surface area contributed by atoms with E-state index in [9.17, 15) is 19.4 Å². The molecule has 6 heteroatoms. The molecule has 1 aliphatic rings. The Kier molecular flexibility index (Phi) is 2.34. The highest BCUT2D eigenvalue weighted by molar-refractivity contribution is 9.10. The van der Waals surface area contributed by atoms with E-state index in [-0.39, 0.29) is 10.0 Å². The van der Waals surface area contributed by atoms with Gasteiger partial charge in [-0.05, 0) is 28.8 Å². The van der Waals surface area contributed by atoms with Crippen molar-refractivity contribution in [1.29, 1.82) is 0 Å². The summed E-state index contributed by atoms with van der Waals surface area (Å²) >= 11 is 2.90. The van der Waals surface area contributed by atoms with Gasteiger partial charge in [-0.25, -0.2) is 4.39 Å². The number of carboxylic acids is 1. The quantitative estimate of drug-likeness (QED) is 0.729. The number of phenolic OH excluding ortho intramolecular Hbond substituents is 2.